The largest absolute Gasteiger partial charge is 0.341 e. The average molecular weight is 267 g/mol. The fourth-order valence-corrected chi connectivity index (χ4v) is 3.65. The minimum atomic E-state index is 0.316. The second kappa shape index (κ2) is 6.71. The van der Waals surface area contributed by atoms with Crippen molar-refractivity contribution in [2.45, 2.75) is 33.1 Å². The van der Waals surface area contributed by atoms with Gasteiger partial charge in [-0.05, 0) is 50.1 Å². The summed E-state index contributed by atoms with van der Waals surface area (Å²) in [6.45, 7) is 9.79. The van der Waals surface area contributed by atoms with Crippen molar-refractivity contribution in [3.63, 3.8) is 0 Å². The van der Waals surface area contributed by atoms with E-state index in [1.807, 2.05) is 0 Å². The Balaban J connectivity index is 1.83. The molecular formula is C15H29N3O. The van der Waals surface area contributed by atoms with Gasteiger partial charge in [-0.3, -0.25) is 9.69 Å². The zero-order valence-electron chi connectivity index (χ0n) is 12.5. The Bertz CT molecular complexity index is 298. The second-order valence-corrected chi connectivity index (χ2v) is 6.72. The van der Waals surface area contributed by atoms with E-state index in [0.717, 1.165) is 32.7 Å². The van der Waals surface area contributed by atoms with Crippen LogP contribution >= 0.6 is 0 Å². The molecule has 2 saturated heterocycles. The number of carbonyl (C=O) groups excluding carboxylic acids is 1. The molecule has 0 bridgehead atoms. The molecule has 2 N–H and O–H groups in total. The molecule has 2 fully saturated rings. The Hall–Kier alpha value is -0.610. The minimum Gasteiger partial charge on any atom is -0.341 e. The normalized spacial score (nSPS) is 33.4. The lowest BCUT2D eigenvalue weighted by Crippen LogP contribution is -2.49. The van der Waals surface area contributed by atoms with Crippen LogP contribution in [0.5, 0.6) is 0 Å². The van der Waals surface area contributed by atoms with Gasteiger partial charge < -0.3 is 10.6 Å². The van der Waals surface area contributed by atoms with Gasteiger partial charge in [-0.25, -0.2) is 0 Å². The average Bonchev–Trinajstić information content (AvgIpc) is 2.37. The molecule has 1 amide bonds. The van der Waals surface area contributed by atoms with Crippen molar-refractivity contribution in [1.82, 2.24) is 9.80 Å². The van der Waals surface area contributed by atoms with Gasteiger partial charge >= 0.3 is 0 Å². The van der Waals surface area contributed by atoms with Crippen LogP contribution in [0.3, 0.4) is 0 Å². The number of amides is 1. The quantitative estimate of drug-likeness (QED) is 0.835. The van der Waals surface area contributed by atoms with E-state index < -0.39 is 0 Å². The van der Waals surface area contributed by atoms with Gasteiger partial charge in [0.2, 0.25) is 5.91 Å². The van der Waals surface area contributed by atoms with Crippen LogP contribution in [0.15, 0.2) is 0 Å². The Kier molecular flexibility index (Phi) is 5.22. The Morgan fingerprint density at radius 3 is 2.53 bits per heavy atom. The maximum absolute atomic E-state index is 12.4. The highest BCUT2D eigenvalue weighted by atomic mass is 16.2. The predicted octanol–water partition coefficient (Wildman–Crippen LogP) is 1.16. The lowest BCUT2D eigenvalue weighted by Gasteiger charge is -2.37. The highest BCUT2D eigenvalue weighted by molar-refractivity contribution is 5.78. The summed E-state index contributed by atoms with van der Waals surface area (Å²) in [5.74, 6) is 2.19. The van der Waals surface area contributed by atoms with Crippen LogP contribution < -0.4 is 5.73 Å². The molecule has 2 aliphatic heterocycles. The van der Waals surface area contributed by atoms with Crippen LogP contribution in [-0.2, 0) is 4.79 Å². The van der Waals surface area contributed by atoms with Crippen molar-refractivity contribution in [3.05, 3.63) is 0 Å². The van der Waals surface area contributed by atoms with Crippen LogP contribution in [0.25, 0.3) is 0 Å². The van der Waals surface area contributed by atoms with Crippen molar-refractivity contribution >= 4 is 5.91 Å². The number of carbonyl (C=O) groups is 1. The first-order chi connectivity index (χ1) is 9.08. The number of likely N-dealkylation sites (tertiary alicyclic amines) is 2. The van der Waals surface area contributed by atoms with Gasteiger partial charge in [0.05, 0.1) is 6.54 Å². The van der Waals surface area contributed by atoms with Crippen molar-refractivity contribution in [2.24, 2.45) is 23.5 Å². The third-order valence-electron chi connectivity index (χ3n) is 4.52. The molecule has 0 spiro atoms. The second-order valence-electron chi connectivity index (χ2n) is 6.72. The van der Waals surface area contributed by atoms with Crippen LogP contribution in [0.4, 0.5) is 0 Å². The molecule has 0 aromatic carbocycles. The molecule has 0 aliphatic carbocycles. The zero-order valence-corrected chi connectivity index (χ0v) is 12.5. The molecule has 4 nitrogen and oxygen atoms in total. The Labute approximate surface area is 117 Å². The highest BCUT2D eigenvalue weighted by Gasteiger charge is 2.27. The maximum Gasteiger partial charge on any atom is 0.236 e. The monoisotopic (exact) mass is 267 g/mol. The van der Waals surface area contributed by atoms with Crippen LogP contribution in [0, 0.1) is 17.8 Å². The summed E-state index contributed by atoms with van der Waals surface area (Å²) in [4.78, 5) is 16.8. The van der Waals surface area contributed by atoms with Gasteiger partial charge in [0.15, 0.2) is 0 Å². The van der Waals surface area contributed by atoms with Gasteiger partial charge in [-0.15, -0.1) is 0 Å². The van der Waals surface area contributed by atoms with Crippen LogP contribution in [-0.4, -0.2) is 55.0 Å². The lowest BCUT2D eigenvalue weighted by molar-refractivity contribution is -0.135. The summed E-state index contributed by atoms with van der Waals surface area (Å²) in [7, 11) is 0. The molecule has 19 heavy (non-hydrogen) atoms. The Morgan fingerprint density at radius 1 is 1.21 bits per heavy atom. The fourth-order valence-electron chi connectivity index (χ4n) is 3.65. The number of hydrogen-bond donors (Lipinski definition) is 1. The number of rotatable bonds is 3. The summed E-state index contributed by atoms with van der Waals surface area (Å²) in [6, 6.07) is 0. The van der Waals surface area contributed by atoms with Gasteiger partial charge in [0.1, 0.15) is 0 Å². The van der Waals surface area contributed by atoms with E-state index in [1.54, 1.807) is 0 Å². The summed E-state index contributed by atoms with van der Waals surface area (Å²) < 4.78 is 0. The minimum absolute atomic E-state index is 0.316. The van der Waals surface area contributed by atoms with E-state index in [1.165, 1.54) is 19.3 Å². The number of piperidine rings is 2. The Morgan fingerprint density at radius 2 is 1.89 bits per heavy atom. The molecule has 0 aromatic heterocycles. The van der Waals surface area contributed by atoms with E-state index in [9.17, 15) is 4.79 Å². The summed E-state index contributed by atoms with van der Waals surface area (Å²) in [5, 5.41) is 0. The fraction of sp³-hybridized carbons (Fsp3) is 0.933. The first kappa shape index (κ1) is 14.8. The molecule has 2 aliphatic rings. The van der Waals surface area contributed by atoms with E-state index >= 15 is 0 Å². The van der Waals surface area contributed by atoms with Crippen molar-refractivity contribution in [2.75, 3.05) is 39.3 Å². The smallest absolute Gasteiger partial charge is 0.236 e. The van der Waals surface area contributed by atoms with Gasteiger partial charge in [-0.2, -0.15) is 0 Å². The highest BCUT2D eigenvalue weighted by Crippen LogP contribution is 2.21. The van der Waals surface area contributed by atoms with Gasteiger partial charge in [0.25, 0.3) is 0 Å². The number of nitrogens with zero attached hydrogens (tertiary/aromatic N) is 2. The molecule has 2 rings (SSSR count). The molecule has 4 heteroatoms. The van der Waals surface area contributed by atoms with Crippen LogP contribution in [0.1, 0.15) is 33.1 Å². The van der Waals surface area contributed by atoms with E-state index in [-0.39, 0.29) is 0 Å². The number of nitrogens with two attached hydrogens (primary N) is 1. The number of hydrogen-bond acceptors (Lipinski definition) is 3. The molecular weight excluding hydrogens is 238 g/mol. The molecule has 3 atom stereocenters. The van der Waals surface area contributed by atoms with Crippen molar-refractivity contribution in [3.8, 4) is 0 Å². The van der Waals surface area contributed by atoms with Crippen LogP contribution in [0.2, 0.25) is 0 Å². The lowest BCUT2D eigenvalue weighted by atomic mass is 9.92. The molecule has 2 heterocycles. The predicted molar refractivity (Wildman–Crippen MR) is 77.7 cm³/mol. The molecule has 110 valence electrons. The molecule has 3 unspecified atom stereocenters. The topological polar surface area (TPSA) is 49.6 Å². The standard InChI is InChI=1S/C15H29N3O/c1-12-6-13(2)9-18(8-12)15(19)11-17-5-3-4-14(7-16)10-17/h12-14H,3-11,16H2,1-2H3. The third-order valence-corrected chi connectivity index (χ3v) is 4.52. The maximum atomic E-state index is 12.4. The summed E-state index contributed by atoms with van der Waals surface area (Å²) in [5.41, 5.74) is 5.75. The summed E-state index contributed by atoms with van der Waals surface area (Å²) in [6.07, 6.45) is 3.66. The van der Waals surface area contributed by atoms with Gasteiger partial charge in [0, 0.05) is 19.6 Å². The van der Waals surface area contributed by atoms with Gasteiger partial charge in [-0.1, -0.05) is 13.8 Å². The van der Waals surface area contributed by atoms with Crippen molar-refractivity contribution in [1.29, 1.82) is 0 Å². The van der Waals surface area contributed by atoms with E-state index in [4.69, 9.17) is 5.73 Å². The molecule has 0 saturated carbocycles. The molecule has 0 radical (unpaired) electrons. The third kappa shape index (κ3) is 4.18. The van der Waals surface area contributed by atoms with E-state index in [2.05, 4.69) is 23.6 Å². The SMILES string of the molecule is CC1CC(C)CN(C(=O)CN2CCCC(CN)C2)C1. The van der Waals surface area contributed by atoms with Crippen molar-refractivity contribution < 1.29 is 4.79 Å². The first-order valence-corrected chi connectivity index (χ1v) is 7.78. The first-order valence-electron chi connectivity index (χ1n) is 7.78. The summed E-state index contributed by atoms with van der Waals surface area (Å²) >= 11 is 0. The molecule has 0 aromatic rings. The zero-order chi connectivity index (χ0) is 13.8. The van der Waals surface area contributed by atoms with E-state index in [0.29, 0.717) is 30.2 Å².